The first kappa shape index (κ1) is 18.2. The Balaban J connectivity index is 3.16. The second-order valence-corrected chi connectivity index (χ2v) is 6.44. The number of rotatable bonds is 5. The second-order valence-electron chi connectivity index (χ2n) is 6.44. The van der Waals surface area contributed by atoms with Gasteiger partial charge >= 0.3 is 6.09 Å². The monoisotopic (exact) mass is 304 g/mol. The van der Waals surface area contributed by atoms with Gasteiger partial charge in [0.05, 0.1) is 11.9 Å². The molecule has 0 N–H and O–H groups in total. The molecule has 0 atom stereocenters. The van der Waals surface area contributed by atoms with E-state index in [-0.39, 0.29) is 6.09 Å². The molecule has 0 aliphatic rings. The number of carbonyl (C=O) groups is 1. The average molecular weight is 304 g/mol. The summed E-state index contributed by atoms with van der Waals surface area (Å²) in [5, 5.41) is 0. The molecule has 0 bridgehead atoms. The molecule has 1 heterocycles. The maximum absolute atomic E-state index is 12.3. The number of allylic oxidation sites excluding steroid dienone is 1. The van der Waals surface area contributed by atoms with Gasteiger partial charge in [0.2, 0.25) is 0 Å². The van der Waals surface area contributed by atoms with Crippen LogP contribution in [-0.4, -0.2) is 23.7 Å². The molecule has 1 aromatic rings. The molecule has 0 saturated carbocycles. The van der Waals surface area contributed by atoms with Crippen LogP contribution in [0.3, 0.4) is 0 Å². The van der Waals surface area contributed by atoms with Gasteiger partial charge in [0.25, 0.3) is 0 Å². The van der Waals surface area contributed by atoms with Crippen LogP contribution >= 0.6 is 0 Å². The topological polar surface area (TPSA) is 42.4 Å². The number of pyridine rings is 1. The van der Waals surface area contributed by atoms with E-state index < -0.39 is 5.60 Å². The average Bonchev–Trinajstić information content (AvgIpc) is 2.44. The predicted octanol–water partition coefficient (Wildman–Crippen LogP) is 4.83. The van der Waals surface area contributed by atoms with Gasteiger partial charge in [0, 0.05) is 18.3 Å². The molecule has 0 aliphatic heterocycles. The Morgan fingerprint density at radius 3 is 2.50 bits per heavy atom. The first-order valence-corrected chi connectivity index (χ1v) is 7.83. The van der Waals surface area contributed by atoms with E-state index in [1.54, 1.807) is 13.2 Å². The van der Waals surface area contributed by atoms with Crippen molar-refractivity contribution in [3.05, 3.63) is 30.1 Å². The van der Waals surface area contributed by atoms with Gasteiger partial charge < -0.3 is 4.74 Å². The van der Waals surface area contributed by atoms with E-state index in [0.717, 1.165) is 41.8 Å². The van der Waals surface area contributed by atoms with E-state index in [1.165, 1.54) is 4.90 Å². The zero-order valence-electron chi connectivity index (χ0n) is 14.7. The molecule has 0 aliphatic carbocycles. The van der Waals surface area contributed by atoms with Gasteiger partial charge in [-0.2, -0.15) is 0 Å². The fourth-order valence-corrected chi connectivity index (χ4v) is 2.05. The summed E-state index contributed by atoms with van der Waals surface area (Å²) in [6, 6.07) is 2.03. The molecule has 0 fully saturated rings. The molecule has 122 valence electrons. The zero-order valence-corrected chi connectivity index (χ0v) is 14.7. The number of carbonyl (C=O) groups excluding carboxylic acids is 1. The van der Waals surface area contributed by atoms with Crippen LogP contribution in [0.1, 0.15) is 58.7 Å². The van der Waals surface area contributed by atoms with Crippen LogP contribution in [-0.2, 0) is 11.2 Å². The van der Waals surface area contributed by atoms with E-state index in [9.17, 15) is 4.79 Å². The molecule has 1 aromatic heterocycles. The lowest BCUT2D eigenvalue weighted by atomic mass is 10.0. The summed E-state index contributed by atoms with van der Waals surface area (Å²) in [5.74, 6) is 0. The highest BCUT2D eigenvalue weighted by Crippen LogP contribution is 2.29. The third-order valence-electron chi connectivity index (χ3n) is 3.28. The molecule has 1 amide bonds. The Kier molecular flexibility index (Phi) is 6.15. The lowest BCUT2D eigenvalue weighted by Gasteiger charge is -2.26. The van der Waals surface area contributed by atoms with Crippen molar-refractivity contribution in [1.29, 1.82) is 0 Å². The third kappa shape index (κ3) is 4.86. The molecule has 0 unspecified atom stereocenters. The normalized spacial score (nSPS) is 11.2. The maximum Gasteiger partial charge on any atom is 0.414 e. The molecule has 4 nitrogen and oxygen atoms in total. The Hall–Kier alpha value is -1.84. The zero-order chi connectivity index (χ0) is 16.9. The Morgan fingerprint density at radius 2 is 2.00 bits per heavy atom. The van der Waals surface area contributed by atoms with Crippen LogP contribution in [0.4, 0.5) is 10.5 Å². The first-order chi connectivity index (χ1) is 10.2. The van der Waals surface area contributed by atoms with Crippen LogP contribution in [0.2, 0.25) is 0 Å². The summed E-state index contributed by atoms with van der Waals surface area (Å²) in [6.45, 7) is 13.9. The number of nitrogens with zero attached hydrogens (tertiary/aromatic N) is 2. The molecule has 0 spiro atoms. The minimum Gasteiger partial charge on any atom is -0.443 e. The fraction of sp³-hybridized carbons (Fsp3) is 0.556. The van der Waals surface area contributed by atoms with Gasteiger partial charge in [-0.25, -0.2) is 4.79 Å². The molecule has 0 aromatic carbocycles. The van der Waals surface area contributed by atoms with E-state index in [4.69, 9.17) is 4.74 Å². The van der Waals surface area contributed by atoms with Gasteiger partial charge in [0.1, 0.15) is 5.60 Å². The van der Waals surface area contributed by atoms with Gasteiger partial charge in [-0.15, -0.1) is 0 Å². The smallest absolute Gasteiger partial charge is 0.414 e. The van der Waals surface area contributed by atoms with Gasteiger partial charge in [-0.3, -0.25) is 9.88 Å². The van der Waals surface area contributed by atoms with Crippen molar-refractivity contribution >= 4 is 17.4 Å². The van der Waals surface area contributed by atoms with Crippen molar-refractivity contribution < 1.29 is 9.53 Å². The fourth-order valence-electron chi connectivity index (χ4n) is 2.05. The Morgan fingerprint density at radius 1 is 1.36 bits per heavy atom. The van der Waals surface area contributed by atoms with Crippen molar-refractivity contribution in [1.82, 2.24) is 4.98 Å². The summed E-state index contributed by atoms with van der Waals surface area (Å²) in [7, 11) is 1.71. The highest BCUT2D eigenvalue weighted by atomic mass is 16.6. The summed E-state index contributed by atoms with van der Waals surface area (Å²) < 4.78 is 5.43. The minimum atomic E-state index is -0.525. The van der Waals surface area contributed by atoms with Crippen LogP contribution in [0.15, 0.2) is 18.8 Å². The molecule has 4 heteroatoms. The number of hydrogen-bond acceptors (Lipinski definition) is 3. The molecule has 0 radical (unpaired) electrons. The van der Waals surface area contributed by atoms with Crippen molar-refractivity contribution in [2.24, 2.45) is 0 Å². The second kappa shape index (κ2) is 7.43. The van der Waals surface area contributed by atoms with Crippen LogP contribution in [0.25, 0.3) is 5.57 Å². The molecule has 22 heavy (non-hydrogen) atoms. The van der Waals surface area contributed by atoms with Gasteiger partial charge in [-0.1, -0.05) is 26.8 Å². The predicted molar refractivity (Wildman–Crippen MR) is 92.2 cm³/mol. The highest BCUT2D eigenvalue weighted by Gasteiger charge is 2.23. The van der Waals surface area contributed by atoms with Crippen LogP contribution in [0.5, 0.6) is 0 Å². The first-order valence-electron chi connectivity index (χ1n) is 7.83. The maximum atomic E-state index is 12.3. The summed E-state index contributed by atoms with van der Waals surface area (Å²) in [4.78, 5) is 18.2. The number of hydrogen-bond donors (Lipinski definition) is 0. The Labute approximate surface area is 134 Å². The lowest BCUT2D eigenvalue weighted by molar-refractivity contribution is 0.0589. The molecule has 0 saturated heterocycles. The van der Waals surface area contributed by atoms with Crippen molar-refractivity contribution in [3.63, 3.8) is 0 Å². The van der Waals surface area contributed by atoms with Crippen molar-refractivity contribution in [2.45, 2.75) is 59.5 Å². The summed E-state index contributed by atoms with van der Waals surface area (Å²) in [5.41, 5.74) is 3.19. The number of ether oxygens (including phenoxy) is 1. The van der Waals surface area contributed by atoms with E-state index in [2.05, 4.69) is 25.4 Å². The van der Waals surface area contributed by atoms with E-state index in [0.29, 0.717) is 0 Å². The van der Waals surface area contributed by atoms with Crippen LogP contribution < -0.4 is 4.90 Å². The SMILES string of the molecule is C=C(CC)c1cc(CCC)ncc1N(C)C(=O)OC(C)(C)C. The van der Waals surface area contributed by atoms with Crippen LogP contribution in [0, 0.1) is 0 Å². The summed E-state index contributed by atoms with van der Waals surface area (Å²) in [6.07, 6.45) is 4.13. The van der Waals surface area contributed by atoms with Crippen molar-refractivity contribution in [2.75, 3.05) is 11.9 Å². The third-order valence-corrected chi connectivity index (χ3v) is 3.28. The number of amides is 1. The number of aryl methyl sites for hydroxylation is 1. The number of anilines is 1. The van der Waals surface area contributed by atoms with Crippen molar-refractivity contribution in [3.8, 4) is 0 Å². The van der Waals surface area contributed by atoms with Gasteiger partial charge in [0.15, 0.2) is 0 Å². The van der Waals surface area contributed by atoms with E-state index in [1.807, 2.05) is 26.8 Å². The number of aromatic nitrogens is 1. The Bertz CT molecular complexity index is 545. The summed E-state index contributed by atoms with van der Waals surface area (Å²) >= 11 is 0. The minimum absolute atomic E-state index is 0.386. The molecule has 1 rings (SSSR count). The largest absolute Gasteiger partial charge is 0.443 e. The lowest BCUT2D eigenvalue weighted by Crippen LogP contribution is -2.34. The molecular weight excluding hydrogens is 276 g/mol. The van der Waals surface area contributed by atoms with Gasteiger partial charge in [-0.05, 0) is 45.3 Å². The molecular formula is C18H28N2O2. The quantitative estimate of drug-likeness (QED) is 0.782. The standard InChI is InChI=1S/C18H28N2O2/c1-8-10-14-11-15(13(3)9-2)16(12-19-14)20(7)17(21)22-18(4,5)6/h11-12H,3,8-10H2,1-2,4-7H3. The van der Waals surface area contributed by atoms with E-state index >= 15 is 0 Å². The highest BCUT2D eigenvalue weighted by molar-refractivity contribution is 5.91.